The number of amides is 1. The summed E-state index contributed by atoms with van der Waals surface area (Å²) in [5, 5.41) is 0. The van der Waals surface area contributed by atoms with Crippen molar-refractivity contribution in [3.8, 4) is 0 Å². The van der Waals surface area contributed by atoms with E-state index in [4.69, 9.17) is 0 Å². The second kappa shape index (κ2) is 8.41. The lowest BCUT2D eigenvalue weighted by molar-refractivity contribution is -0.705. The standard InChI is InChI=1S/C23H23N2O2/c1-3-25(21-12-8-5-9-13-21)23(27)18(2)24-16-14-20(15-17-24)22(26)19-10-6-4-7-11-19/h4-18H,3H2,1-2H3/q+1/t18-/m0/s1. The van der Waals surface area contributed by atoms with E-state index in [0.29, 0.717) is 17.7 Å². The number of hydrogen-bond donors (Lipinski definition) is 0. The number of para-hydroxylation sites is 1. The van der Waals surface area contributed by atoms with Crippen LogP contribution in [0, 0.1) is 0 Å². The van der Waals surface area contributed by atoms with E-state index in [1.165, 1.54) is 0 Å². The van der Waals surface area contributed by atoms with E-state index in [1.807, 2.05) is 66.9 Å². The molecule has 3 aromatic rings. The fraction of sp³-hybridized carbons (Fsp3) is 0.174. The Balaban J connectivity index is 1.78. The van der Waals surface area contributed by atoms with Gasteiger partial charge in [-0.1, -0.05) is 48.5 Å². The van der Waals surface area contributed by atoms with E-state index in [2.05, 4.69) is 0 Å². The van der Waals surface area contributed by atoms with Crippen molar-refractivity contribution in [2.45, 2.75) is 19.9 Å². The lowest BCUT2D eigenvalue weighted by atomic mass is 10.0. The van der Waals surface area contributed by atoms with Crippen LogP contribution in [0.15, 0.2) is 85.2 Å². The highest BCUT2D eigenvalue weighted by atomic mass is 16.2. The molecule has 0 spiro atoms. The normalized spacial score (nSPS) is 11.6. The van der Waals surface area contributed by atoms with Gasteiger partial charge in [0.05, 0.1) is 0 Å². The number of anilines is 1. The maximum absolute atomic E-state index is 13.0. The van der Waals surface area contributed by atoms with Gasteiger partial charge in [-0.3, -0.25) is 9.59 Å². The summed E-state index contributed by atoms with van der Waals surface area (Å²) >= 11 is 0. The van der Waals surface area contributed by atoms with Gasteiger partial charge >= 0.3 is 0 Å². The minimum atomic E-state index is -0.369. The number of hydrogen-bond acceptors (Lipinski definition) is 2. The predicted molar refractivity (Wildman–Crippen MR) is 106 cm³/mol. The highest BCUT2D eigenvalue weighted by Crippen LogP contribution is 2.16. The Labute approximate surface area is 159 Å². The molecule has 3 rings (SSSR count). The van der Waals surface area contributed by atoms with Crippen LogP contribution in [-0.4, -0.2) is 18.2 Å². The molecular weight excluding hydrogens is 336 g/mol. The molecule has 4 nitrogen and oxygen atoms in total. The van der Waals surface area contributed by atoms with Gasteiger partial charge in [0.25, 0.3) is 5.91 Å². The topological polar surface area (TPSA) is 41.3 Å². The second-order valence-corrected chi connectivity index (χ2v) is 6.32. The molecule has 1 amide bonds. The molecule has 0 bridgehead atoms. The molecule has 0 aliphatic rings. The summed E-state index contributed by atoms with van der Waals surface area (Å²) in [5.74, 6) is -0.0166. The number of likely N-dealkylation sites (N-methyl/N-ethyl adjacent to an activating group) is 1. The molecule has 0 saturated heterocycles. The van der Waals surface area contributed by atoms with Crippen molar-refractivity contribution in [2.75, 3.05) is 11.4 Å². The van der Waals surface area contributed by atoms with Crippen molar-refractivity contribution in [1.29, 1.82) is 0 Å². The van der Waals surface area contributed by atoms with Gasteiger partial charge in [0, 0.05) is 42.4 Å². The average Bonchev–Trinajstić information content (AvgIpc) is 2.74. The van der Waals surface area contributed by atoms with Crippen molar-refractivity contribution in [3.05, 3.63) is 96.3 Å². The van der Waals surface area contributed by atoms with Crippen molar-refractivity contribution in [3.63, 3.8) is 0 Å². The number of carbonyl (C=O) groups excluding carboxylic acids is 2. The molecule has 0 unspecified atom stereocenters. The van der Waals surface area contributed by atoms with Crippen molar-refractivity contribution >= 4 is 17.4 Å². The molecule has 0 fully saturated rings. The third-order valence-corrected chi connectivity index (χ3v) is 4.61. The number of nitrogens with zero attached hydrogens (tertiary/aromatic N) is 2. The zero-order chi connectivity index (χ0) is 19.2. The molecule has 0 N–H and O–H groups in total. The zero-order valence-electron chi connectivity index (χ0n) is 15.6. The molecular formula is C23H23N2O2+. The number of rotatable bonds is 6. The average molecular weight is 359 g/mol. The highest BCUT2D eigenvalue weighted by Gasteiger charge is 2.27. The summed E-state index contributed by atoms with van der Waals surface area (Å²) in [6.45, 7) is 4.43. The number of ketones is 1. The fourth-order valence-corrected chi connectivity index (χ4v) is 3.03. The Kier molecular flexibility index (Phi) is 5.77. The summed E-state index contributed by atoms with van der Waals surface area (Å²) < 4.78 is 1.83. The molecule has 0 saturated carbocycles. The maximum Gasteiger partial charge on any atom is 0.295 e. The van der Waals surface area contributed by atoms with E-state index >= 15 is 0 Å². The quantitative estimate of drug-likeness (QED) is 0.496. The third-order valence-electron chi connectivity index (χ3n) is 4.61. The monoisotopic (exact) mass is 359 g/mol. The maximum atomic E-state index is 13.0. The van der Waals surface area contributed by atoms with E-state index < -0.39 is 0 Å². The van der Waals surface area contributed by atoms with Crippen molar-refractivity contribution < 1.29 is 14.2 Å². The molecule has 4 heteroatoms. The van der Waals surface area contributed by atoms with Crippen LogP contribution in [0.5, 0.6) is 0 Å². The Morgan fingerprint density at radius 3 is 1.93 bits per heavy atom. The molecule has 2 aromatic carbocycles. The van der Waals surface area contributed by atoms with Gasteiger partial charge in [0.15, 0.2) is 18.2 Å². The molecule has 1 heterocycles. The van der Waals surface area contributed by atoms with Gasteiger partial charge in [-0.2, -0.15) is 4.57 Å². The first kappa shape index (κ1) is 18.5. The van der Waals surface area contributed by atoms with E-state index in [0.717, 1.165) is 5.69 Å². The Morgan fingerprint density at radius 1 is 0.852 bits per heavy atom. The van der Waals surface area contributed by atoms with Crippen LogP contribution in [-0.2, 0) is 4.79 Å². The van der Waals surface area contributed by atoms with Gasteiger partial charge in [-0.15, -0.1) is 0 Å². The molecule has 0 aliphatic carbocycles. The first-order chi connectivity index (χ1) is 13.1. The molecule has 136 valence electrons. The summed E-state index contributed by atoms with van der Waals surface area (Å²) in [5.41, 5.74) is 2.14. The van der Waals surface area contributed by atoms with Gasteiger partial charge in [0.2, 0.25) is 6.04 Å². The summed E-state index contributed by atoms with van der Waals surface area (Å²) in [6, 6.07) is 22.0. The molecule has 1 aromatic heterocycles. The third kappa shape index (κ3) is 4.11. The van der Waals surface area contributed by atoms with Crippen LogP contribution >= 0.6 is 0 Å². The Morgan fingerprint density at radius 2 is 1.37 bits per heavy atom. The number of benzene rings is 2. The Bertz CT molecular complexity index is 906. The number of carbonyl (C=O) groups is 2. The van der Waals surface area contributed by atoms with Crippen LogP contribution in [0.3, 0.4) is 0 Å². The molecule has 0 aliphatic heterocycles. The van der Waals surface area contributed by atoms with E-state index in [1.54, 1.807) is 41.6 Å². The summed E-state index contributed by atoms with van der Waals surface area (Å²) in [7, 11) is 0. The van der Waals surface area contributed by atoms with Crippen LogP contribution < -0.4 is 9.47 Å². The van der Waals surface area contributed by atoms with Crippen molar-refractivity contribution in [1.82, 2.24) is 0 Å². The SMILES string of the molecule is CCN(C(=O)[C@H](C)[n+]1ccc(C(=O)c2ccccc2)cc1)c1ccccc1. The van der Waals surface area contributed by atoms with Crippen LogP contribution in [0.2, 0.25) is 0 Å². The molecule has 27 heavy (non-hydrogen) atoms. The van der Waals surface area contributed by atoms with E-state index in [9.17, 15) is 9.59 Å². The van der Waals surface area contributed by atoms with E-state index in [-0.39, 0.29) is 17.7 Å². The minimum absolute atomic E-state index is 0.0100. The Hall–Kier alpha value is -3.27. The van der Waals surface area contributed by atoms with Gasteiger partial charge in [-0.05, 0) is 19.1 Å². The van der Waals surface area contributed by atoms with Gasteiger partial charge in [0.1, 0.15) is 0 Å². The zero-order valence-corrected chi connectivity index (χ0v) is 15.6. The predicted octanol–water partition coefficient (Wildman–Crippen LogP) is 3.82. The van der Waals surface area contributed by atoms with Crippen LogP contribution in [0.1, 0.15) is 35.8 Å². The lowest BCUT2D eigenvalue weighted by Crippen LogP contribution is -2.48. The number of pyridine rings is 1. The van der Waals surface area contributed by atoms with Crippen LogP contribution in [0.25, 0.3) is 0 Å². The number of aromatic nitrogens is 1. The second-order valence-electron chi connectivity index (χ2n) is 6.32. The fourth-order valence-electron chi connectivity index (χ4n) is 3.03. The summed E-state index contributed by atoms with van der Waals surface area (Å²) in [4.78, 5) is 27.2. The molecule has 1 atom stereocenters. The first-order valence-electron chi connectivity index (χ1n) is 9.08. The summed E-state index contributed by atoms with van der Waals surface area (Å²) in [6.07, 6.45) is 3.58. The molecule has 0 radical (unpaired) electrons. The smallest absolute Gasteiger partial charge is 0.295 e. The minimum Gasteiger partial charge on any atom is -0.307 e. The van der Waals surface area contributed by atoms with Gasteiger partial charge in [-0.25, -0.2) is 0 Å². The van der Waals surface area contributed by atoms with Crippen molar-refractivity contribution in [2.24, 2.45) is 0 Å². The van der Waals surface area contributed by atoms with Gasteiger partial charge < -0.3 is 4.90 Å². The first-order valence-corrected chi connectivity index (χ1v) is 9.08. The van der Waals surface area contributed by atoms with Crippen LogP contribution in [0.4, 0.5) is 5.69 Å². The highest BCUT2D eigenvalue weighted by molar-refractivity contribution is 6.08. The lowest BCUT2D eigenvalue weighted by Gasteiger charge is -2.22. The largest absolute Gasteiger partial charge is 0.307 e.